The summed E-state index contributed by atoms with van der Waals surface area (Å²) >= 11 is 0. The van der Waals surface area contributed by atoms with Gasteiger partial charge in [-0.15, -0.1) is 0 Å². The highest BCUT2D eigenvalue weighted by atomic mass is 16.7. The van der Waals surface area contributed by atoms with Crippen molar-refractivity contribution in [3.63, 3.8) is 0 Å². The molecule has 96 valence electrons. The number of hydrogen-bond donors (Lipinski definition) is 0. The van der Waals surface area contributed by atoms with Crippen molar-refractivity contribution in [1.82, 2.24) is 9.78 Å². The van der Waals surface area contributed by atoms with Crippen LogP contribution in [0, 0.1) is 40.5 Å². The van der Waals surface area contributed by atoms with Gasteiger partial charge in [-0.3, -0.25) is 20.2 Å². The quantitative estimate of drug-likeness (QED) is 0.512. The number of rotatable bonds is 5. The van der Waals surface area contributed by atoms with Gasteiger partial charge in [0.1, 0.15) is 0 Å². The second kappa shape index (κ2) is 4.36. The summed E-state index contributed by atoms with van der Waals surface area (Å²) in [5.41, 5.74) is -1.49. The van der Waals surface area contributed by atoms with Gasteiger partial charge >= 0.3 is 24.0 Å². The second-order valence-electron chi connectivity index (χ2n) is 2.74. The van der Waals surface area contributed by atoms with Crippen LogP contribution in [-0.4, -0.2) is 29.5 Å². The minimum Gasteiger partial charge on any atom is -0.358 e. The molecule has 0 aliphatic carbocycles. The minimum absolute atomic E-state index is 0.0176. The lowest BCUT2D eigenvalue weighted by atomic mass is 10.5. The number of nitro groups is 4. The van der Waals surface area contributed by atoms with E-state index in [1.165, 1.54) is 0 Å². The van der Waals surface area contributed by atoms with Crippen LogP contribution in [0.1, 0.15) is 0 Å². The van der Waals surface area contributed by atoms with E-state index in [1.54, 1.807) is 0 Å². The number of hydrogen-bond acceptors (Lipinski definition) is 9. The molecule has 0 aliphatic heterocycles. The number of aromatic nitrogens is 2. The molecule has 0 unspecified atom stereocenters. The van der Waals surface area contributed by atoms with Crippen molar-refractivity contribution in [3.05, 3.63) is 40.5 Å². The lowest BCUT2D eigenvalue weighted by Gasteiger charge is -1.91. The summed E-state index contributed by atoms with van der Waals surface area (Å²) in [5.74, 6) is -2.84. The molecule has 1 aromatic heterocycles. The highest BCUT2D eigenvalue weighted by Crippen LogP contribution is 2.35. The lowest BCUT2D eigenvalue weighted by molar-refractivity contribution is -0.520. The Morgan fingerprint density at radius 2 is 1.50 bits per heavy atom. The molecule has 0 aromatic carbocycles. The van der Waals surface area contributed by atoms with Crippen LogP contribution in [0.3, 0.4) is 0 Å². The van der Waals surface area contributed by atoms with E-state index in [4.69, 9.17) is 0 Å². The molecule has 0 saturated carbocycles. The highest BCUT2D eigenvalue weighted by Gasteiger charge is 2.47. The van der Waals surface area contributed by atoms with Gasteiger partial charge in [0.2, 0.25) is 0 Å². The average molecular weight is 262 g/mol. The fourth-order valence-corrected chi connectivity index (χ4v) is 1.11. The maximum absolute atomic E-state index is 10.6. The summed E-state index contributed by atoms with van der Waals surface area (Å²) in [6.45, 7) is -1.30. The Hall–Kier alpha value is -3.19. The zero-order valence-corrected chi connectivity index (χ0v) is 8.16. The molecule has 0 bridgehead atoms. The van der Waals surface area contributed by atoms with E-state index in [2.05, 4.69) is 5.10 Å². The van der Waals surface area contributed by atoms with Crippen LogP contribution in [0.5, 0.6) is 0 Å². The first-order valence-electron chi connectivity index (χ1n) is 3.91. The zero-order chi connectivity index (χ0) is 14.0. The van der Waals surface area contributed by atoms with E-state index in [0.29, 0.717) is 0 Å². The molecule has 0 radical (unpaired) electrons. The Kier molecular flexibility index (Phi) is 3.12. The van der Waals surface area contributed by atoms with Crippen molar-refractivity contribution >= 4 is 17.3 Å². The van der Waals surface area contributed by atoms with Crippen LogP contribution in [-0.2, 0) is 6.67 Å². The van der Waals surface area contributed by atoms with E-state index in [1.807, 2.05) is 0 Å². The molecule has 0 aliphatic rings. The maximum atomic E-state index is 10.6. The number of nitrogens with zero attached hydrogens (tertiary/aromatic N) is 6. The van der Waals surface area contributed by atoms with Crippen molar-refractivity contribution in [2.45, 2.75) is 6.67 Å². The molecule has 18 heavy (non-hydrogen) atoms. The van der Waals surface area contributed by atoms with Crippen molar-refractivity contribution in [2.75, 3.05) is 0 Å². The monoisotopic (exact) mass is 262 g/mol. The molecule has 1 rings (SSSR count). The van der Waals surface area contributed by atoms with Crippen LogP contribution in [0.25, 0.3) is 0 Å². The Morgan fingerprint density at radius 3 is 1.83 bits per heavy atom. The van der Waals surface area contributed by atoms with Gasteiger partial charge in [0.25, 0.3) is 0 Å². The van der Waals surface area contributed by atoms with Crippen LogP contribution < -0.4 is 0 Å². The van der Waals surface area contributed by atoms with E-state index in [9.17, 15) is 40.5 Å². The Morgan fingerprint density at radius 1 is 0.944 bits per heavy atom. The van der Waals surface area contributed by atoms with E-state index < -0.39 is 43.7 Å². The summed E-state index contributed by atoms with van der Waals surface area (Å²) in [5, 5.41) is 44.6. The predicted molar refractivity (Wildman–Crippen MR) is 49.2 cm³/mol. The van der Waals surface area contributed by atoms with Gasteiger partial charge in [0.15, 0.2) is 5.10 Å². The third-order valence-electron chi connectivity index (χ3n) is 1.66. The Labute approximate surface area is 95.0 Å². The van der Waals surface area contributed by atoms with E-state index >= 15 is 0 Å². The summed E-state index contributed by atoms with van der Waals surface area (Å²) in [6.07, 6.45) is 0. The normalized spacial score (nSPS) is 10.0. The van der Waals surface area contributed by atoms with Gasteiger partial charge in [0.05, 0.1) is 9.85 Å². The van der Waals surface area contributed by atoms with Crippen LogP contribution in [0.4, 0.5) is 17.3 Å². The smallest absolute Gasteiger partial charge is 0.358 e. The molecular weight excluding hydrogens is 260 g/mol. The van der Waals surface area contributed by atoms with Gasteiger partial charge in [-0.05, 0) is 9.85 Å². The molecule has 1 aromatic rings. The first-order chi connectivity index (χ1) is 8.25. The maximum Gasteiger partial charge on any atom is 0.498 e. The Balaban J connectivity index is 3.58. The van der Waals surface area contributed by atoms with Gasteiger partial charge in [-0.2, -0.15) is 0 Å². The molecule has 0 atom stereocenters. The summed E-state index contributed by atoms with van der Waals surface area (Å²) in [6, 6.07) is 0. The minimum atomic E-state index is -1.49. The van der Waals surface area contributed by atoms with Crippen LogP contribution in [0.2, 0.25) is 0 Å². The molecule has 0 amide bonds. The first-order valence-corrected chi connectivity index (χ1v) is 3.91. The van der Waals surface area contributed by atoms with Gasteiger partial charge in [0, 0.05) is 4.68 Å². The Bertz CT molecular complexity index is 560. The van der Waals surface area contributed by atoms with Gasteiger partial charge in [-0.1, -0.05) is 0 Å². The fraction of sp³-hybridized carbons (Fsp3) is 0.250. The van der Waals surface area contributed by atoms with Gasteiger partial charge in [-0.25, -0.2) is 0 Å². The summed E-state index contributed by atoms with van der Waals surface area (Å²) in [7, 11) is 0. The topological polar surface area (TPSA) is 190 Å². The van der Waals surface area contributed by atoms with Crippen molar-refractivity contribution in [3.8, 4) is 0 Å². The molecule has 0 spiro atoms. The summed E-state index contributed by atoms with van der Waals surface area (Å²) in [4.78, 5) is 36.6. The van der Waals surface area contributed by atoms with Crippen molar-refractivity contribution in [1.29, 1.82) is 0 Å². The van der Waals surface area contributed by atoms with E-state index in [-0.39, 0.29) is 4.68 Å². The third kappa shape index (κ3) is 2.15. The molecule has 0 saturated heterocycles. The predicted octanol–water partition coefficient (Wildman–Crippen LogP) is -0.158. The highest BCUT2D eigenvalue weighted by molar-refractivity contribution is 5.59. The second-order valence-corrected chi connectivity index (χ2v) is 2.74. The van der Waals surface area contributed by atoms with Crippen molar-refractivity contribution < 1.29 is 19.7 Å². The van der Waals surface area contributed by atoms with Crippen molar-refractivity contribution in [2.24, 2.45) is 0 Å². The SMILES string of the molecule is O=[N+]([O-])Cn1nc([N+](=O)[O-])c([N+](=O)[O-])c1[N+](=O)[O-]. The summed E-state index contributed by atoms with van der Waals surface area (Å²) < 4.78 is -0.0176. The zero-order valence-electron chi connectivity index (χ0n) is 8.16. The molecular formula is C4H2N6O8. The fourth-order valence-electron chi connectivity index (χ4n) is 1.11. The molecule has 0 fully saturated rings. The van der Waals surface area contributed by atoms with Crippen LogP contribution >= 0.6 is 0 Å². The third-order valence-corrected chi connectivity index (χ3v) is 1.66. The van der Waals surface area contributed by atoms with E-state index in [0.717, 1.165) is 0 Å². The lowest BCUT2D eigenvalue weighted by Crippen LogP contribution is -2.12. The molecule has 1 heterocycles. The standard InChI is InChI=1S/C4H2N6O8/c11-7(12)1-6-4(10(17)18)2(8(13)14)3(5-6)9(15)16/h1H2. The van der Waals surface area contributed by atoms with Gasteiger partial charge < -0.3 is 20.2 Å². The largest absolute Gasteiger partial charge is 0.498 e. The molecule has 14 heteroatoms. The molecule has 14 nitrogen and oxygen atoms in total. The molecule has 0 N–H and O–H groups in total. The average Bonchev–Trinajstić information content (AvgIpc) is 2.55. The van der Waals surface area contributed by atoms with Crippen LogP contribution in [0.15, 0.2) is 0 Å². The first kappa shape index (κ1) is 12.9.